The average Bonchev–Trinajstić information content (AvgIpc) is 3.35. The van der Waals surface area contributed by atoms with Gasteiger partial charge in [-0.2, -0.15) is 10.2 Å². The Balaban J connectivity index is 1.88. The standard InChI is InChI=1S/C21H25N7O/c1-5-29-21-16(7-6-8-22-21)17-9-18(23-10-15-11-24-25-12-15)20-19(13(2)3)26-14(4)28(20)27-17/h6-9,11-13,23H,5,10H2,1-4H3,(H,24,25). The van der Waals surface area contributed by atoms with Crippen LogP contribution in [0.5, 0.6) is 5.88 Å². The number of aromatic nitrogens is 6. The highest BCUT2D eigenvalue weighted by Crippen LogP contribution is 2.33. The van der Waals surface area contributed by atoms with Crippen LogP contribution in [0.1, 0.15) is 43.8 Å². The molecule has 0 aliphatic carbocycles. The number of anilines is 1. The fraction of sp³-hybridized carbons (Fsp3) is 0.333. The van der Waals surface area contributed by atoms with Gasteiger partial charge in [0.25, 0.3) is 0 Å². The van der Waals surface area contributed by atoms with Gasteiger partial charge in [-0.05, 0) is 38.0 Å². The summed E-state index contributed by atoms with van der Waals surface area (Å²) in [5, 5.41) is 15.3. The lowest BCUT2D eigenvalue weighted by atomic mass is 10.1. The molecule has 8 nitrogen and oxygen atoms in total. The first kappa shape index (κ1) is 18.9. The van der Waals surface area contributed by atoms with E-state index >= 15 is 0 Å². The largest absolute Gasteiger partial charge is 0.477 e. The zero-order valence-electron chi connectivity index (χ0n) is 17.1. The minimum Gasteiger partial charge on any atom is -0.477 e. The first-order valence-corrected chi connectivity index (χ1v) is 9.78. The number of hydrogen-bond acceptors (Lipinski definition) is 6. The SMILES string of the molecule is CCOc1ncccc1-c1cc(NCc2cn[nH]c2)c2c(C(C)C)nc(C)n2n1. The Hall–Kier alpha value is -3.42. The van der Waals surface area contributed by atoms with Crippen LogP contribution in [0.4, 0.5) is 5.69 Å². The molecule has 0 amide bonds. The summed E-state index contributed by atoms with van der Waals surface area (Å²) in [4.78, 5) is 9.16. The van der Waals surface area contributed by atoms with E-state index in [2.05, 4.69) is 34.3 Å². The zero-order chi connectivity index (χ0) is 20.4. The van der Waals surface area contributed by atoms with Crippen LogP contribution in [-0.4, -0.2) is 36.4 Å². The molecule has 0 atom stereocenters. The molecule has 0 unspecified atom stereocenters. The van der Waals surface area contributed by atoms with Crippen LogP contribution in [-0.2, 0) is 6.54 Å². The number of imidazole rings is 1. The van der Waals surface area contributed by atoms with Crippen molar-refractivity contribution in [3.63, 3.8) is 0 Å². The third-order valence-electron chi connectivity index (χ3n) is 4.70. The second-order valence-corrected chi connectivity index (χ2v) is 7.15. The second kappa shape index (κ2) is 7.90. The Kier molecular flexibility index (Phi) is 5.16. The van der Waals surface area contributed by atoms with Gasteiger partial charge in [0, 0.05) is 24.5 Å². The number of hydrogen-bond donors (Lipinski definition) is 2. The van der Waals surface area contributed by atoms with E-state index in [0.717, 1.165) is 39.5 Å². The Morgan fingerprint density at radius 1 is 1.31 bits per heavy atom. The summed E-state index contributed by atoms with van der Waals surface area (Å²) in [6.07, 6.45) is 5.42. The van der Waals surface area contributed by atoms with Crippen molar-refractivity contribution in [2.24, 2.45) is 0 Å². The molecule has 4 heterocycles. The molecule has 150 valence electrons. The summed E-state index contributed by atoms with van der Waals surface area (Å²) in [5.74, 6) is 1.70. The van der Waals surface area contributed by atoms with Crippen LogP contribution in [0.3, 0.4) is 0 Å². The average molecular weight is 391 g/mol. The second-order valence-electron chi connectivity index (χ2n) is 7.15. The van der Waals surface area contributed by atoms with Crippen molar-refractivity contribution in [2.45, 2.75) is 40.2 Å². The maximum atomic E-state index is 5.73. The van der Waals surface area contributed by atoms with Crippen molar-refractivity contribution in [2.75, 3.05) is 11.9 Å². The fourth-order valence-electron chi connectivity index (χ4n) is 3.34. The molecule has 0 radical (unpaired) electrons. The van der Waals surface area contributed by atoms with E-state index in [0.29, 0.717) is 19.0 Å². The molecule has 0 bridgehead atoms. The van der Waals surface area contributed by atoms with Gasteiger partial charge in [0.15, 0.2) is 0 Å². The highest BCUT2D eigenvalue weighted by Gasteiger charge is 2.19. The van der Waals surface area contributed by atoms with Crippen molar-refractivity contribution in [3.8, 4) is 17.1 Å². The fourth-order valence-corrected chi connectivity index (χ4v) is 3.34. The van der Waals surface area contributed by atoms with Gasteiger partial charge >= 0.3 is 0 Å². The number of pyridine rings is 1. The molecule has 0 fully saturated rings. The Morgan fingerprint density at radius 3 is 2.90 bits per heavy atom. The van der Waals surface area contributed by atoms with Gasteiger partial charge in [0.05, 0.1) is 35.4 Å². The molecule has 4 aromatic rings. The third kappa shape index (κ3) is 3.65. The molecule has 29 heavy (non-hydrogen) atoms. The van der Waals surface area contributed by atoms with Crippen LogP contribution in [0.15, 0.2) is 36.8 Å². The van der Waals surface area contributed by atoms with E-state index in [1.807, 2.05) is 49.0 Å². The Bertz CT molecular complexity index is 1120. The summed E-state index contributed by atoms with van der Waals surface area (Å²) >= 11 is 0. The number of nitrogens with one attached hydrogen (secondary N) is 2. The van der Waals surface area contributed by atoms with Crippen molar-refractivity contribution < 1.29 is 4.74 Å². The highest BCUT2D eigenvalue weighted by atomic mass is 16.5. The maximum Gasteiger partial charge on any atom is 0.222 e. The molecule has 0 saturated carbocycles. The summed E-state index contributed by atoms with van der Waals surface area (Å²) in [5.41, 5.74) is 5.67. The van der Waals surface area contributed by atoms with Gasteiger partial charge < -0.3 is 10.1 Å². The Morgan fingerprint density at radius 2 is 2.17 bits per heavy atom. The summed E-state index contributed by atoms with van der Waals surface area (Å²) in [7, 11) is 0. The smallest absolute Gasteiger partial charge is 0.222 e. The number of H-pyrrole nitrogens is 1. The Labute approximate surface area is 169 Å². The number of aromatic amines is 1. The quantitative estimate of drug-likeness (QED) is 0.495. The van der Waals surface area contributed by atoms with Crippen molar-refractivity contribution in [1.29, 1.82) is 0 Å². The van der Waals surface area contributed by atoms with Crippen LogP contribution in [0.2, 0.25) is 0 Å². The first-order chi connectivity index (χ1) is 14.1. The maximum absolute atomic E-state index is 5.73. The van der Waals surface area contributed by atoms with Crippen LogP contribution < -0.4 is 10.1 Å². The summed E-state index contributed by atoms with van der Waals surface area (Å²) in [6.45, 7) is 9.39. The number of ether oxygens (including phenoxy) is 1. The van der Waals surface area contributed by atoms with Gasteiger partial charge in [-0.1, -0.05) is 13.8 Å². The van der Waals surface area contributed by atoms with Gasteiger partial charge in [-0.15, -0.1) is 0 Å². The topological polar surface area (TPSA) is 93.0 Å². The summed E-state index contributed by atoms with van der Waals surface area (Å²) in [6, 6.07) is 5.91. The third-order valence-corrected chi connectivity index (χ3v) is 4.70. The van der Waals surface area contributed by atoms with Gasteiger partial charge in [-0.25, -0.2) is 14.5 Å². The highest BCUT2D eigenvalue weighted by molar-refractivity contribution is 5.80. The number of nitrogens with zero attached hydrogens (tertiary/aromatic N) is 5. The monoisotopic (exact) mass is 391 g/mol. The number of aryl methyl sites for hydroxylation is 1. The zero-order valence-corrected chi connectivity index (χ0v) is 17.1. The van der Waals surface area contributed by atoms with Crippen molar-refractivity contribution >= 4 is 11.2 Å². The van der Waals surface area contributed by atoms with E-state index in [1.54, 1.807) is 6.20 Å². The molecule has 0 aliphatic heterocycles. The van der Waals surface area contributed by atoms with E-state index in [9.17, 15) is 0 Å². The number of rotatable bonds is 7. The van der Waals surface area contributed by atoms with Crippen LogP contribution >= 0.6 is 0 Å². The predicted octanol–water partition coefficient (Wildman–Crippen LogP) is 3.96. The molecule has 0 saturated heterocycles. The predicted molar refractivity (Wildman–Crippen MR) is 112 cm³/mol. The lowest BCUT2D eigenvalue weighted by Crippen LogP contribution is -2.06. The van der Waals surface area contributed by atoms with E-state index in [-0.39, 0.29) is 5.92 Å². The van der Waals surface area contributed by atoms with E-state index in [1.165, 1.54) is 0 Å². The van der Waals surface area contributed by atoms with Crippen molar-refractivity contribution in [3.05, 3.63) is 53.9 Å². The molecule has 0 aliphatic rings. The lowest BCUT2D eigenvalue weighted by Gasteiger charge is -2.14. The molecule has 2 N–H and O–H groups in total. The van der Waals surface area contributed by atoms with Gasteiger partial charge in [-0.3, -0.25) is 5.10 Å². The van der Waals surface area contributed by atoms with Gasteiger partial charge in [0.2, 0.25) is 5.88 Å². The normalized spacial score (nSPS) is 11.3. The molecule has 8 heteroatoms. The molecule has 4 rings (SSSR count). The molecule has 0 aromatic carbocycles. The molecule has 0 spiro atoms. The number of fused-ring (bicyclic) bond motifs is 1. The molecular weight excluding hydrogens is 366 g/mol. The van der Waals surface area contributed by atoms with E-state index in [4.69, 9.17) is 14.8 Å². The van der Waals surface area contributed by atoms with E-state index < -0.39 is 0 Å². The van der Waals surface area contributed by atoms with Crippen molar-refractivity contribution in [1.82, 2.24) is 29.8 Å². The van der Waals surface area contributed by atoms with Gasteiger partial charge in [0.1, 0.15) is 11.3 Å². The minimum absolute atomic E-state index is 0.276. The summed E-state index contributed by atoms with van der Waals surface area (Å²) < 4.78 is 7.63. The minimum atomic E-state index is 0.276. The van der Waals surface area contributed by atoms with Crippen LogP contribution in [0, 0.1) is 6.92 Å². The first-order valence-electron chi connectivity index (χ1n) is 9.78. The molecule has 4 aromatic heterocycles. The lowest BCUT2D eigenvalue weighted by molar-refractivity contribution is 0.328. The molecular formula is C21H25N7O. The van der Waals surface area contributed by atoms with Crippen LogP contribution in [0.25, 0.3) is 16.8 Å².